The standard InChI is InChI=1S/C16H21ClN2/c1-2-12(9-11-7-8-11)18-10-15-16(17)13-5-3-4-6-14(13)19-15/h3-6,11-12,18-19H,2,7-10H2,1H3. The predicted octanol–water partition coefficient (Wildman–Crippen LogP) is 4.49. The molecule has 1 saturated carbocycles. The topological polar surface area (TPSA) is 27.8 Å². The van der Waals surface area contributed by atoms with Crippen LogP contribution in [0.15, 0.2) is 24.3 Å². The van der Waals surface area contributed by atoms with Crippen molar-refractivity contribution in [2.45, 2.75) is 45.2 Å². The van der Waals surface area contributed by atoms with Crippen LogP contribution in [-0.2, 0) is 6.54 Å². The molecule has 2 N–H and O–H groups in total. The molecule has 2 aromatic rings. The lowest BCUT2D eigenvalue weighted by Crippen LogP contribution is -2.28. The summed E-state index contributed by atoms with van der Waals surface area (Å²) in [7, 11) is 0. The van der Waals surface area contributed by atoms with Gasteiger partial charge in [0.25, 0.3) is 0 Å². The monoisotopic (exact) mass is 276 g/mol. The fourth-order valence-electron chi connectivity index (χ4n) is 2.68. The van der Waals surface area contributed by atoms with Crippen molar-refractivity contribution < 1.29 is 0 Å². The zero-order valence-corrected chi connectivity index (χ0v) is 12.1. The van der Waals surface area contributed by atoms with Crippen LogP contribution in [0.1, 0.15) is 38.3 Å². The Hall–Kier alpha value is -0.990. The van der Waals surface area contributed by atoms with E-state index in [0.717, 1.165) is 34.1 Å². The Morgan fingerprint density at radius 1 is 1.37 bits per heavy atom. The van der Waals surface area contributed by atoms with Crippen LogP contribution in [0.5, 0.6) is 0 Å². The van der Waals surface area contributed by atoms with E-state index < -0.39 is 0 Å². The van der Waals surface area contributed by atoms with Gasteiger partial charge in [0.1, 0.15) is 0 Å². The maximum atomic E-state index is 6.43. The van der Waals surface area contributed by atoms with Crippen molar-refractivity contribution in [1.29, 1.82) is 0 Å². The summed E-state index contributed by atoms with van der Waals surface area (Å²) in [5.74, 6) is 0.968. The summed E-state index contributed by atoms with van der Waals surface area (Å²) in [6.45, 7) is 3.09. The van der Waals surface area contributed by atoms with Crippen molar-refractivity contribution in [3.8, 4) is 0 Å². The van der Waals surface area contributed by atoms with E-state index in [1.165, 1.54) is 25.7 Å². The fourth-order valence-corrected chi connectivity index (χ4v) is 2.96. The SMILES string of the molecule is CCC(CC1CC1)NCc1[nH]c2ccccc2c1Cl. The maximum Gasteiger partial charge on any atom is 0.0705 e. The van der Waals surface area contributed by atoms with Crippen molar-refractivity contribution in [3.05, 3.63) is 35.0 Å². The van der Waals surface area contributed by atoms with Crippen molar-refractivity contribution in [2.75, 3.05) is 0 Å². The first-order valence-corrected chi connectivity index (χ1v) is 7.64. The molecule has 1 unspecified atom stereocenters. The summed E-state index contributed by atoms with van der Waals surface area (Å²) in [5.41, 5.74) is 2.23. The molecular weight excluding hydrogens is 256 g/mol. The molecule has 0 aliphatic heterocycles. The number of rotatable bonds is 6. The van der Waals surface area contributed by atoms with E-state index in [-0.39, 0.29) is 0 Å². The Morgan fingerprint density at radius 3 is 2.84 bits per heavy atom. The van der Waals surface area contributed by atoms with Gasteiger partial charge in [0, 0.05) is 29.2 Å². The normalized spacial score (nSPS) is 16.9. The first-order chi connectivity index (χ1) is 9.28. The Morgan fingerprint density at radius 2 is 2.16 bits per heavy atom. The van der Waals surface area contributed by atoms with Gasteiger partial charge in [0.2, 0.25) is 0 Å². The Balaban J connectivity index is 1.68. The molecule has 1 atom stereocenters. The molecule has 0 amide bonds. The summed E-state index contributed by atoms with van der Waals surface area (Å²) in [6.07, 6.45) is 5.35. The molecule has 0 radical (unpaired) electrons. The van der Waals surface area contributed by atoms with Gasteiger partial charge in [-0.25, -0.2) is 0 Å². The Bertz CT molecular complexity index is 557. The number of para-hydroxylation sites is 1. The van der Waals surface area contributed by atoms with Crippen LogP contribution in [0.2, 0.25) is 5.02 Å². The molecule has 1 fully saturated rings. The summed E-state index contributed by atoms with van der Waals surface area (Å²) < 4.78 is 0. The van der Waals surface area contributed by atoms with Crippen LogP contribution >= 0.6 is 11.6 Å². The Labute approximate surface area is 119 Å². The number of nitrogens with one attached hydrogen (secondary N) is 2. The first kappa shape index (κ1) is 13.0. The quantitative estimate of drug-likeness (QED) is 0.799. The number of halogens is 1. The fraction of sp³-hybridized carbons (Fsp3) is 0.500. The number of hydrogen-bond acceptors (Lipinski definition) is 1. The second-order valence-corrected chi connectivity index (χ2v) is 6.01. The summed E-state index contributed by atoms with van der Waals surface area (Å²) in [6, 6.07) is 8.83. The number of aromatic amines is 1. The van der Waals surface area contributed by atoms with Gasteiger partial charge in [-0.3, -0.25) is 0 Å². The number of aromatic nitrogens is 1. The lowest BCUT2D eigenvalue weighted by Gasteiger charge is -2.16. The van der Waals surface area contributed by atoms with Gasteiger partial charge in [0.05, 0.1) is 5.02 Å². The molecule has 1 aliphatic carbocycles. The number of benzene rings is 1. The summed E-state index contributed by atoms with van der Waals surface area (Å²) in [4.78, 5) is 3.42. The molecular formula is C16H21ClN2. The van der Waals surface area contributed by atoms with E-state index in [1.54, 1.807) is 0 Å². The minimum Gasteiger partial charge on any atom is -0.356 e. The third kappa shape index (κ3) is 2.96. The molecule has 1 heterocycles. The minimum atomic E-state index is 0.620. The summed E-state index contributed by atoms with van der Waals surface area (Å²) >= 11 is 6.43. The van der Waals surface area contributed by atoms with Crippen LogP contribution < -0.4 is 5.32 Å². The number of hydrogen-bond donors (Lipinski definition) is 2. The van der Waals surface area contributed by atoms with Crippen LogP contribution in [-0.4, -0.2) is 11.0 Å². The molecule has 3 rings (SSSR count). The largest absolute Gasteiger partial charge is 0.356 e. The minimum absolute atomic E-state index is 0.620. The van der Waals surface area contributed by atoms with E-state index in [4.69, 9.17) is 11.6 Å². The highest BCUT2D eigenvalue weighted by molar-refractivity contribution is 6.36. The first-order valence-electron chi connectivity index (χ1n) is 7.26. The van der Waals surface area contributed by atoms with Gasteiger partial charge in [0.15, 0.2) is 0 Å². The lowest BCUT2D eigenvalue weighted by atomic mass is 10.1. The van der Waals surface area contributed by atoms with E-state index in [1.807, 2.05) is 12.1 Å². The zero-order chi connectivity index (χ0) is 13.2. The molecule has 1 aromatic carbocycles. The number of H-pyrrole nitrogens is 1. The second kappa shape index (κ2) is 5.56. The predicted molar refractivity (Wildman–Crippen MR) is 81.6 cm³/mol. The number of fused-ring (bicyclic) bond motifs is 1. The Kier molecular flexibility index (Phi) is 3.81. The van der Waals surface area contributed by atoms with Crippen molar-refractivity contribution in [1.82, 2.24) is 10.3 Å². The molecule has 102 valence electrons. The highest BCUT2D eigenvalue weighted by Gasteiger charge is 2.24. The molecule has 1 aromatic heterocycles. The molecule has 19 heavy (non-hydrogen) atoms. The zero-order valence-electron chi connectivity index (χ0n) is 11.4. The van der Waals surface area contributed by atoms with Gasteiger partial charge in [-0.1, -0.05) is 49.6 Å². The molecule has 0 spiro atoms. The average molecular weight is 277 g/mol. The van der Waals surface area contributed by atoms with E-state index in [2.05, 4.69) is 29.4 Å². The molecule has 0 saturated heterocycles. The highest BCUT2D eigenvalue weighted by atomic mass is 35.5. The average Bonchev–Trinajstić information content (AvgIpc) is 3.20. The van der Waals surface area contributed by atoms with E-state index in [9.17, 15) is 0 Å². The van der Waals surface area contributed by atoms with Crippen LogP contribution in [0.25, 0.3) is 10.9 Å². The van der Waals surface area contributed by atoms with Crippen molar-refractivity contribution >= 4 is 22.5 Å². The van der Waals surface area contributed by atoms with E-state index in [0.29, 0.717) is 6.04 Å². The van der Waals surface area contributed by atoms with Gasteiger partial charge in [-0.2, -0.15) is 0 Å². The van der Waals surface area contributed by atoms with Gasteiger partial charge < -0.3 is 10.3 Å². The molecule has 1 aliphatic rings. The van der Waals surface area contributed by atoms with Gasteiger partial charge in [-0.05, 0) is 24.8 Å². The van der Waals surface area contributed by atoms with Crippen LogP contribution in [0.4, 0.5) is 0 Å². The van der Waals surface area contributed by atoms with Crippen molar-refractivity contribution in [2.24, 2.45) is 5.92 Å². The molecule has 2 nitrogen and oxygen atoms in total. The summed E-state index contributed by atoms with van der Waals surface area (Å²) in [5, 5.41) is 5.63. The van der Waals surface area contributed by atoms with Crippen LogP contribution in [0.3, 0.4) is 0 Å². The second-order valence-electron chi connectivity index (χ2n) is 5.63. The maximum absolute atomic E-state index is 6.43. The van der Waals surface area contributed by atoms with Crippen LogP contribution in [0, 0.1) is 5.92 Å². The van der Waals surface area contributed by atoms with Crippen molar-refractivity contribution in [3.63, 3.8) is 0 Å². The highest BCUT2D eigenvalue weighted by Crippen LogP contribution is 2.34. The lowest BCUT2D eigenvalue weighted by molar-refractivity contribution is 0.443. The van der Waals surface area contributed by atoms with Gasteiger partial charge in [-0.15, -0.1) is 0 Å². The van der Waals surface area contributed by atoms with E-state index >= 15 is 0 Å². The molecule has 3 heteroatoms. The third-order valence-corrected chi connectivity index (χ3v) is 4.52. The smallest absolute Gasteiger partial charge is 0.0705 e. The van der Waals surface area contributed by atoms with Gasteiger partial charge >= 0.3 is 0 Å². The molecule has 0 bridgehead atoms. The third-order valence-electron chi connectivity index (χ3n) is 4.09.